The maximum absolute atomic E-state index is 12.6. The molecule has 1 N–H and O–H groups in total. The Morgan fingerprint density at radius 3 is 3.00 bits per heavy atom. The van der Waals surface area contributed by atoms with Crippen LogP contribution in [0.5, 0.6) is 0 Å². The second-order valence-electron chi connectivity index (χ2n) is 4.98. The number of rotatable bonds is 5. The molecular weight excluding hydrogens is 240 g/mol. The molecule has 0 radical (unpaired) electrons. The van der Waals surface area contributed by atoms with Gasteiger partial charge in [0.15, 0.2) is 0 Å². The number of aromatic nitrogens is 2. The summed E-state index contributed by atoms with van der Waals surface area (Å²) in [6, 6.07) is 0.278. The molecule has 4 nitrogen and oxygen atoms in total. The average molecular weight is 257 g/mol. The second kappa shape index (κ2) is 4.93. The zero-order valence-electron chi connectivity index (χ0n) is 10.1. The molecule has 1 aromatic rings. The number of hydrogen-bond donors (Lipinski definition) is 1. The Hall–Kier alpha value is -1.01. The summed E-state index contributed by atoms with van der Waals surface area (Å²) in [5, 5.41) is 3.31. The van der Waals surface area contributed by atoms with E-state index in [0.717, 1.165) is 17.6 Å². The third-order valence-electron chi connectivity index (χ3n) is 3.70. The van der Waals surface area contributed by atoms with Crippen molar-refractivity contribution in [2.75, 3.05) is 6.61 Å². The molecule has 3 rings (SSSR count). The van der Waals surface area contributed by atoms with Crippen molar-refractivity contribution >= 4 is 0 Å². The standard InChI is InChI=1S/C12H17F2N3O/c13-12(14)17-5-4-15-10(17)7-16-9-3-6-18-11(9)8-1-2-8/h4-5,8-9,11-12,16H,1-3,6-7H2. The molecule has 2 heterocycles. The normalized spacial score (nSPS) is 28.2. The van der Waals surface area contributed by atoms with Crippen molar-refractivity contribution in [3.05, 3.63) is 18.2 Å². The Labute approximate surface area is 104 Å². The van der Waals surface area contributed by atoms with Crippen LogP contribution in [0.15, 0.2) is 12.4 Å². The number of nitrogens with one attached hydrogen (secondary N) is 1. The Balaban J connectivity index is 1.58. The van der Waals surface area contributed by atoms with Gasteiger partial charge in [-0.05, 0) is 25.2 Å². The van der Waals surface area contributed by atoms with Gasteiger partial charge in [0.25, 0.3) is 0 Å². The lowest BCUT2D eigenvalue weighted by Crippen LogP contribution is -2.37. The lowest BCUT2D eigenvalue weighted by atomic mass is 10.1. The third kappa shape index (κ3) is 2.40. The molecule has 18 heavy (non-hydrogen) atoms. The summed E-state index contributed by atoms with van der Waals surface area (Å²) in [7, 11) is 0. The topological polar surface area (TPSA) is 39.1 Å². The van der Waals surface area contributed by atoms with E-state index >= 15 is 0 Å². The predicted octanol–water partition coefficient (Wildman–Crippen LogP) is 1.94. The highest BCUT2D eigenvalue weighted by molar-refractivity contribution is 4.97. The van der Waals surface area contributed by atoms with Crippen molar-refractivity contribution in [3.63, 3.8) is 0 Å². The molecule has 100 valence electrons. The first kappa shape index (κ1) is 12.0. The smallest absolute Gasteiger partial charge is 0.319 e. The van der Waals surface area contributed by atoms with E-state index in [0.29, 0.717) is 18.3 Å². The summed E-state index contributed by atoms with van der Waals surface area (Å²) < 4.78 is 31.9. The number of hydrogen-bond acceptors (Lipinski definition) is 3. The van der Waals surface area contributed by atoms with Crippen LogP contribution in [-0.2, 0) is 11.3 Å². The van der Waals surface area contributed by atoms with Gasteiger partial charge in [0, 0.05) is 25.0 Å². The molecule has 6 heteroatoms. The van der Waals surface area contributed by atoms with Crippen LogP contribution in [0.3, 0.4) is 0 Å². The Kier molecular flexibility index (Phi) is 3.30. The van der Waals surface area contributed by atoms with Crippen molar-refractivity contribution in [2.24, 2.45) is 5.92 Å². The van der Waals surface area contributed by atoms with Gasteiger partial charge in [-0.1, -0.05) is 0 Å². The zero-order valence-corrected chi connectivity index (χ0v) is 10.1. The van der Waals surface area contributed by atoms with Crippen LogP contribution in [0.1, 0.15) is 31.6 Å². The molecule has 2 atom stereocenters. The minimum absolute atomic E-state index is 0.264. The summed E-state index contributed by atoms with van der Waals surface area (Å²) in [6.07, 6.45) is 6.40. The molecule has 0 aromatic carbocycles. The van der Waals surface area contributed by atoms with Gasteiger partial charge in [-0.2, -0.15) is 8.78 Å². The summed E-state index contributed by atoms with van der Waals surface area (Å²) >= 11 is 0. The first-order valence-corrected chi connectivity index (χ1v) is 6.40. The van der Waals surface area contributed by atoms with E-state index in [4.69, 9.17) is 4.74 Å². The molecule has 2 fully saturated rings. The van der Waals surface area contributed by atoms with Gasteiger partial charge in [-0.15, -0.1) is 0 Å². The van der Waals surface area contributed by atoms with E-state index in [1.807, 2.05) is 0 Å². The minimum atomic E-state index is -2.52. The maximum atomic E-state index is 12.6. The van der Waals surface area contributed by atoms with Crippen LogP contribution in [0.4, 0.5) is 8.78 Å². The monoisotopic (exact) mass is 257 g/mol. The summed E-state index contributed by atoms with van der Waals surface area (Å²) in [5.41, 5.74) is 0. The molecular formula is C12H17F2N3O. The van der Waals surface area contributed by atoms with Crippen LogP contribution in [-0.4, -0.2) is 28.3 Å². The van der Waals surface area contributed by atoms with Crippen LogP contribution < -0.4 is 5.32 Å². The molecule has 2 unspecified atom stereocenters. The predicted molar refractivity (Wildman–Crippen MR) is 61.2 cm³/mol. The molecule has 0 amide bonds. The van der Waals surface area contributed by atoms with Gasteiger partial charge in [-0.3, -0.25) is 4.57 Å². The van der Waals surface area contributed by atoms with Crippen LogP contribution in [0.25, 0.3) is 0 Å². The van der Waals surface area contributed by atoms with Crippen LogP contribution in [0.2, 0.25) is 0 Å². The van der Waals surface area contributed by atoms with Crippen molar-refractivity contribution in [1.82, 2.24) is 14.9 Å². The fourth-order valence-corrected chi connectivity index (χ4v) is 2.60. The first-order valence-electron chi connectivity index (χ1n) is 6.40. The van der Waals surface area contributed by atoms with Gasteiger partial charge in [0.1, 0.15) is 5.82 Å². The van der Waals surface area contributed by atoms with E-state index in [1.54, 1.807) is 0 Å². The van der Waals surface area contributed by atoms with Crippen molar-refractivity contribution < 1.29 is 13.5 Å². The highest BCUT2D eigenvalue weighted by Crippen LogP contribution is 2.38. The highest BCUT2D eigenvalue weighted by Gasteiger charge is 2.40. The largest absolute Gasteiger partial charge is 0.376 e. The van der Waals surface area contributed by atoms with Crippen LogP contribution in [0, 0.1) is 5.92 Å². The Morgan fingerprint density at radius 2 is 2.28 bits per heavy atom. The Bertz CT molecular complexity index is 406. The van der Waals surface area contributed by atoms with Crippen molar-refractivity contribution in [3.8, 4) is 0 Å². The molecule has 1 aliphatic heterocycles. The molecule has 0 bridgehead atoms. The van der Waals surface area contributed by atoms with E-state index in [1.165, 1.54) is 25.2 Å². The lowest BCUT2D eigenvalue weighted by molar-refractivity contribution is 0.0650. The number of halogens is 2. The van der Waals surface area contributed by atoms with Gasteiger partial charge in [0.05, 0.1) is 12.6 Å². The molecule has 1 saturated carbocycles. The SMILES string of the molecule is FC(F)n1ccnc1CNC1CCOC1C1CC1. The molecule has 1 saturated heterocycles. The first-order chi connectivity index (χ1) is 8.75. The maximum Gasteiger partial charge on any atom is 0.319 e. The highest BCUT2D eigenvalue weighted by atomic mass is 19.3. The minimum Gasteiger partial charge on any atom is -0.376 e. The van der Waals surface area contributed by atoms with E-state index in [-0.39, 0.29) is 12.1 Å². The zero-order chi connectivity index (χ0) is 12.5. The fourth-order valence-electron chi connectivity index (χ4n) is 2.60. The van der Waals surface area contributed by atoms with Crippen molar-refractivity contribution in [2.45, 2.75) is 44.5 Å². The summed E-state index contributed by atoms with van der Waals surface area (Å²) in [5.74, 6) is 1.05. The molecule has 2 aliphatic rings. The number of imidazole rings is 1. The number of ether oxygens (including phenoxy) is 1. The molecule has 1 aromatic heterocycles. The Morgan fingerprint density at radius 1 is 1.44 bits per heavy atom. The van der Waals surface area contributed by atoms with Gasteiger partial charge >= 0.3 is 6.55 Å². The van der Waals surface area contributed by atoms with Gasteiger partial charge in [-0.25, -0.2) is 4.98 Å². The van der Waals surface area contributed by atoms with Crippen molar-refractivity contribution in [1.29, 1.82) is 0 Å². The lowest BCUT2D eigenvalue weighted by Gasteiger charge is -2.19. The number of alkyl halides is 2. The van der Waals surface area contributed by atoms with Gasteiger partial charge in [0.2, 0.25) is 0 Å². The third-order valence-corrected chi connectivity index (χ3v) is 3.70. The number of nitrogens with zero attached hydrogens (tertiary/aromatic N) is 2. The van der Waals surface area contributed by atoms with Gasteiger partial charge < -0.3 is 10.1 Å². The molecule has 0 spiro atoms. The van der Waals surface area contributed by atoms with E-state index in [9.17, 15) is 8.78 Å². The summed E-state index contributed by atoms with van der Waals surface area (Å²) in [4.78, 5) is 3.96. The van der Waals surface area contributed by atoms with E-state index in [2.05, 4.69) is 10.3 Å². The van der Waals surface area contributed by atoms with Crippen LogP contribution >= 0.6 is 0 Å². The molecule has 1 aliphatic carbocycles. The second-order valence-corrected chi connectivity index (χ2v) is 4.98. The summed E-state index contributed by atoms with van der Waals surface area (Å²) in [6.45, 7) is -1.39. The average Bonchev–Trinajstić information content (AvgIpc) is 2.92. The quantitative estimate of drug-likeness (QED) is 0.876. The fraction of sp³-hybridized carbons (Fsp3) is 0.750. The van der Waals surface area contributed by atoms with E-state index < -0.39 is 6.55 Å².